The first-order valence-electron chi connectivity index (χ1n) is 11.1. The second-order valence-corrected chi connectivity index (χ2v) is 8.14. The van der Waals surface area contributed by atoms with Gasteiger partial charge in [0.1, 0.15) is 6.61 Å². The van der Waals surface area contributed by atoms with Gasteiger partial charge in [0.05, 0.1) is 13.3 Å². The topological polar surface area (TPSA) is 37.3 Å². The molecule has 1 aliphatic heterocycles. The predicted octanol–water partition coefficient (Wildman–Crippen LogP) is 4.73. The fourth-order valence-corrected chi connectivity index (χ4v) is 3.73. The smallest absolute Gasteiger partial charge is 0.162 e. The normalized spacial score (nSPS) is 14.6. The number of methoxy groups -OCH3 is 1. The molecule has 1 saturated heterocycles. The van der Waals surface area contributed by atoms with E-state index in [1.165, 1.54) is 11.1 Å². The van der Waals surface area contributed by atoms with Crippen molar-refractivity contribution in [2.24, 2.45) is 5.10 Å². The molecule has 5 heteroatoms. The minimum absolute atomic E-state index is 0.501. The van der Waals surface area contributed by atoms with Gasteiger partial charge in [0.15, 0.2) is 11.5 Å². The van der Waals surface area contributed by atoms with Crippen molar-refractivity contribution in [2.45, 2.75) is 20.1 Å². The van der Waals surface area contributed by atoms with E-state index in [4.69, 9.17) is 14.6 Å². The summed E-state index contributed by atoms with van der Waals surface area (Å²) in [4.78, 5) is 2.49. The summed E-state index contributed by atoms with van der Waals surface area (Å²) in [5.41, 5.74) is 4.79. The fourth-order valence-electron chi connectivity index (χ4n) is 3.73. The third-order valence-corrected chi connectivity index (χ3v) is 5.67. The maximum Gasteiger partial charge on any atom is 0.162 e. The first-order chi connectivity index (χ1) is 15.7. The Morgan fingerprint density at radius 2 is 1.59 bits per heavy atom. The molecule has 0 radical (unpaired) electrons. The Labute approximate surface area is 190 Å². The van der Waals surface area contributed by atoms with Crippen LogP contribution in [0.5, 0.6) is 11.5 Å². The lowest BCUT2D eigenvalue weighted by Gasteiger charge is -2.33. The van der Waals surface area contributed by atoms with Crippen LogP contribution >= 0.6 is 0 Å². The molecule has 1 aliphatic rings. The van der Waals surface area contributed by atoms with E-state index in [1.54, 1.807) is 7.11 Å². The van der Waals surface area contributed by atoms with E-state index in [2.05, 4.69) is 53.2 Å². The highest BCUT2D eigenvalue weighted by atomic mass is 16.5. The minimum atomic E-state index is 0.501. The van der Waals surface area contributed by atoms with E-state index in [9.17, 15) is 0 Å². The van der Waals surface area contributed by atoms with Gasteiger partial charge in [0.25, 0.3) is 0 Å². The average molecular weight is 430 g/mol. The first-order valence-corrected chi connectivity index (χ1v) is 11.1. The summed E-state index contributed by atoms with van der Waals surface area (Å²) >= 11 is 0. The Bertz CT molecular complexity index is 1010. The summed E-state index contributed by atoms with van der Waals surface area (Å²) in [5, 5.41) is 6.85. The van der Waals surface area contributed by atoms with Gasteiger partial charge in [-0.05, 0) is 41.8 Å². The fraction of sp³-hybridized carbons (Fsp3) is 0.296. The van der Waals surface area contributed by atoms with Crippen molar-refractivity contribution in [2.75, 3.05) is 33.3 Å². The van der Waals surface area contributed by atoms with Crippen molar-refractivity contribution < 1.29 is 9.47 Å². The maximum absolute atomic E-state index is 6.02. The molecule has 0 aliphatic carbocycles. The molecule has 3 aromatic rings. The molecule has 0 atom stereocenters. The van der Waals surface area contributed by atoms with Crippen molar-refractivity contribution in [1.82, 2.24) is 9.91 Å². The molecule has 3 aromatic carbocycles. The highest BCUT2D eigenvalue weighted by molar-refractivity contribution is 5.80. The number of hydrogen-bond acceptors (Lipinski definition) is 5. The van der Waals surface area contributed by atoms with Crippen LogP contribution in [0, 0.1) is 6.92 Å². The number of hydrazone groups is 1. The molecule has 0 saturated carbocycles. The second kappa shape index (κ2) is 10.8. The zero-order chi connectivity index (χ0) is 22.2. The molecule has 1 heterocycles. The monoisotopic (exact) mass is 429 g/mol. The van der Waals surface area contributed by atoms with Gasteiger partial charge in [0, 0.05) is 32.7 Å². The summed E-state index contributed by atoms with van der Waals surface area (Å²) < 4.78 is 11.5. The quantitative estimate of drug-likeness (QED) is 0.485. The summed E-state index contributed by atoms with van der Waals surface area (Å²) in [7, 11) is 1.66. The van der Waals surface area contributed by atoms with E-state index >= 15 is 0 Å². The Morgan fingerprint density at radius 3 is 2.31 bits per heavy atom. The van der Waals surface area contributed by atoms with E-state index in [0.29, 0.717) is 6.61 Å². The molecule has 0 amide bonds. The predicted molar refractivity (Wildman–Crippen MR) is 129 cm³/mol. The first kappa shape index (κ1) is 21.9. The molecule has 0 N–H and O–H groups in total. The highest BCUT2D eigenvalue weighted by Crippen LogP contribution is 2.28. The largest absolute Gasteiger partial charge is 0.493 e. The summed E-state index contributed by atoms with van der Waals surface area (Å²) in [6, 6.07) is 24.9. The molecule has 4 rings (SSSR count). The minimum Gasteiger partial charge on any atom is -0.493 e. The number of aryl methyl sites for hydroxylation is 1. The maximum atomic E-state index is 6.02. The van der Waals surface area contributed by atoms with Crippen LogP contribution < -0.4 is 9.47 Å². The Balaban J connectivity index is 1.31. The summed E-state index contributed by atoms with van der Waals surface area (Å²) in [6.45, 7) is 7.51. The van der Waals surface area contributed by atoms with Crippen LogP contribution in [0.3, 0.4) is 0 Å². The standard InChI is InChI=1S/C27H31N3O2/c1-22-8-10-23(11-9-22)20-29-14-16-30(17-15-29)28-19-25-12-13-26(31-2)27(18-25)32-21-24-6-4-3-5-7-24/h3-13,18-19H,14-17,20-21H2,1-2H3. The van der Waals surface area contributed by atoms with Crippen LogP contribution in [-0.4, -0.2) is 49.4 Å². The average Bonchev–Trinajstić information content (AvgIpc) is 2.84. The lowest BCUT2D eigenvalue weighted by molar-refractivity contribution is 0.131. The third-order valence-electron chi connectivity index (χ3n) is 5.67. The Morgan fingerprint density at radius 1 is 0.844 bits per heavy atom. The third kappa shape index (κ3) is 6.11. The van der Waals surface area contributed by atoms with Gasteiger partial charge in [-0.2, -0.15) is 5.10 Å². The van der Waals surface area contributed by atoms with Gasteiger partial charge < -0.3 is 9.47 Å². The molecule has 166 valence electrons. The number of rotatable bonds is 8. The molecule has 0 bridgehead atoms. The van der Waals surface area contributed by atoms with Crippen LogP contribution in [0.1, 0.15) is 22.3 Å². The van der Waals surface area contributed by atoms with Crippen LogP contribution in [0.15, 0.2) is 77.9 Å². The van der Waals surface area contributed by atoms with E-state index in [-0.39, 0.29) is 0 Å². The lowest BCUT2D eigenvalue weighted by Crippen LogP contribution is -2.43. The van der Waals surface area contributed by atoms with Gasteiger partial charge in [-0.3, -0.25) is 9.91 Å². The molecular weight excluding hydrogens is 398 g/mol. The number of benzene rings is 3. The zero-order valence-corrected chi connectivity index (χ0v) is 18.9. The Kier molecular flexibility index (Phi) is 7.41. The van der Waals surface area contributed by atoms with E-state index in [1.807, 2.05) is 42.6 Å². The molecule has 1 fully saturated rings. The van der Waals surface area contributed by atoms with E-state index in [0.717, 1.165) is 55.3 Å². The van der Waals surface area contributed by atoms with Crippen molar-refractivity contribution in [3.8, 4) is 11.5 Å². The Hall–Kier alpha value is -3.31. The molecule has 5 nitrogen and oxygen atoms in total. The van der Waals surface area contributed by atoms with E-state index < -0.39 is 0 Å². The van der Waals surface area contributed by atoms with Gasteiger partial charge in [-0.25, -0.2) is 0 Å². The molecular formula is C27H31N3O2. The van der Waals surface area contributed by atoms with Crippen molar-refractivity contribution in [3.05, 3.63) is 95.1 Å². The van der Waals surface area contributed by atoms with Crippen molar-refractivity contribution in [1.29, 1.82) is 0 Å². The van der Waals surface area contributed by atoms with Crippen LogP contribution in [0.25, 0.3) is 0 Å². The molecule has 0 spiro atoms. The summed E-state index contributed by atoms with van der Waals surface area (Å²) in [5.74, 6) is 1.45. The number of ether oxygens (including phenoxy) is 2. The summed E-state index contributed by atoms with van der Waals surface area (Å²) in [6.07, 6.45) is 1.91. The van der Waals surface area contributed by atoms with Gasteiger partial charge >= 0.3 is 0 Å². The van der Waals surface area contributed by atoms with Crippen LogP contribution in [0.4, 0.5) is 0 Å². The molecule has 0 aromatic heterocycles. The van der Waals surface area contributed by atoms with Gasteiger partial charge in [-0.15, -0.1) is 0 Å². The number of piperazine rings is 1. The zero-order valence-electron chi connectivity index (χ0n) is 18.9. The van der Waals surface area contributed by atoms with Gasteiger partial charge in [0.2, 0.25) is 0 Å². The number of hydrogen-bond donors (Lipinski definition) is 0. The van der Waals surface area contributed by atoms with Gasteiger partial charge in [-0.1, -0.05) is 60.2 Å². The van der Waals surface area contributed by atoms with Crippen molar-refractivity contribution >= 4 is 6.21 Å². The highest BCUT2D eigenvalue weighted by Gasteiger charge is 2.15. The lowest BCUT2D eigenvalue weighted by atomic mass is 10.1. The van der Waals surface area contributed by atoms with Crippen molar-refractivity contribution in [3.63, 3.8) is 0 Å². The van der Waals surface area contributed by atoms with Crippen LogP contribution in [-0.2, 0) is 13.2 Å². The molecule has 0 unspecified atom stereocenters. The van der Waals surface area contributed by atoms with Crippen LogP contribution in [0.2, 0.25) is 0 Å². The second-order valence-electron chi connectivity index (χ2n) is 8.14. The number of nitrogens with zero attached hydrogens (tertiary/aromatic N) is 3. The molecule has 32 heavy (non-hydrogen) atoms. The SMILES string of the molecule is COc1ccc(C=NN2CCN(Cc3ccc(C)cc3)CC2)cc1OCc1ccccc1.